The van der Waals surface area contributed by atoms with E-state index in [1.54, 1.807) is 30.3 Å². The lowest BCUT2D eigenvalue weighted by atomic mass is 9.82. The van der Waals surface area contributed by atoms with Gasteiger partial charge in [0, 0.05) is 5.69 Å². The number of esters is 1. The third-order valence-electron chi connectivity index (χ3n) is 6.41. The van der Waals surface area contributed by atoms with Crippen molar-refractivity contribution in [3.05, 3.63) is 81.2 Å². The molecule has 37 heavy (non-hydrogen) atoms. The van der Waals surface area contributed by atoms with Crippen molar-refractivity contribution in [2.75, 3.05) is 19.5 Å². The quantitative estimate of drug-likeness (QED) is 0.555. The molecule has 0 aromatic heterocycles. The summed E-state index contributed by atoms with van der Waals surface area (Å²) in [6, 6.07) is 14.6. The molecular weight excluding hydrogens is 492 g/mol. The fourth-order valence-corrected chi connectivity index (χ4v) is 5.64. The van der Waals surface area contributed by atoms with Gasteiger partial charge in [-0.2, -0.15) is 5.26 Å². The van der Waals surface area contributed by atoms with Crippen LogP contribution >= 0.6 is 11.8 Å². The Morgan fingerprint density at radius 1 is 1.16 bits per heavy atom. The summed E-state index contributed by atoms with van der Waals surface area (Å²) >= 11 is 1.06. The van der Waals surface area contributed by atoms with E-state index in [4.69, 9.17) is 15.2 Å². The lowest BCUT2D eigenvalue weighted by molar-refractivity contribution is -0.142. The number of fused-ring (bicyclic) bond motifs is 1. The van der Waals surface area contributed by atoms with Crippen molar-refractivity contribution >= 4 is 35.2 Å². The summed E-state index contributed by atoms with van der Waals surface area (Å²) in [5.41, 5.74) is 9.84. The second kappa shape index (κ2) is 10.4. The van der Waals surface area contributed by atoms with Gasteiger partial charge in [0.15, 0.2) is 0 Å². The Kier molecular flexibility index (Phi) is 7.27. The topological polar surface area (TPSA) is 135 Å². The number of benzene rings is 2. The number of carbonyl (C=O) groups is 3. The number of aryl methyl sites for hydroxylation is 2. The lowest BCUT2D eigenvalue weighted by Crippen LogP contribution is -2.39. The summed E-state index contributed by atoms with van der Waals surface area (Å²) in [5, 5.41) is 12.5. The molecule has 0 saturated carbocycles. The number of nitrogens with one attached hydrogen (secondary N) is 1. The Morgan fingerprint density at radius 3 is 2.57 bits per heavy atom. The first-order chi connectivity index (χ1) is 17.7. The number of carbonyl (C=O) groups excluding carboxylic acids is 3. The zero-order chi connectivity index (χ0) is 26.9. The van der Waals surface area contributed by atoms with Crippen molar-refractivity contribution in [1.29, 1.82) is 5.26 Å². The molecule has 10 heteroatoms. The molecule has 2 aliphatic rings. The molecule has 2 heterocycles. The summed E-state index contributed by atoms with van der Waals surface area (Å²) in [5.74, 6) is -1.95. The average Bonchev–Trinajstić information content (AvgIpc) is 3.21. The number of methoxy groups -OCH3 is 2. The predicted molar refractivity (Wildman–Crippen MR) is 139 cm³/mol. The molecule has 0 unspecified atom stereocenters. The molecule has 2 aromatic rings. The molecule has 4 rings (SSSR count). The van der Waals surface area contributed by atoms with Crippen molar-refractivity contribution in [2.24, 2.45) is 5.73 Å². The van der Waals surface area contributed by atoms with E-state index in [-0.39, 0.29) is 28.4 Å². The normalized spacial score (nSPS) is 18.9. The highest BCUT2D eigenvalue weighted by molar-refractivity contribution is 8.04. The Hall–Kier alpha value is -4.23. The predicted octanol–water partition coefficient (Wildman–Crippen LogP) is 3.46. The van der Waals surface area contributed by atoms with E-state index in [0.717, 1.165) is 22.9 Å². The van der Waals surface area contributed by atoms with Crippen molar-refractivity contribution in [3.8, 4) is 11.8 Å². The summed E-state index contributed by atoms with van der Waals surface area (Å²) < 4.78 is 10.1. The van der Waals surface area contributed by atoms with Crippen LogP contribution in [-0.2, 0) is 19.1 Å². The molecule has 0 radical (unpaired) electrons. The zero-order valence-corrected chi connectivity index (χ0v) is 21.6. The van der Waals surface area contributed by atoms with Crippen LogP contribution in [0.5, 0.6) is 5.75 Å². The number of anilines is 1. The van der Waals surface area contributed by atoms with Crippen LogP contribution in [0.3, 0.4) is 0 Å². The lowest BCUT2D eigenvalue weighted by Gasteiger charge is -2.32. The molecule has 0 bridgehead atoms. The highest BCUT2D eigenvalue weighted by Crippen LogP contribution is 2.50. The van der Waals surface area contributed by atoms with Gasteiger partial charge in [-0.3, -0.25) is 19.3 Å². The molecule has 2 aromatic carbocycles. The van der Waals surface area contributed by atoms with Crippen molar-refractivity contribution in [1.82, 2.24) is 4.90 Å². The number of amides is 2. The van der Waals surface area contributed by atoms with Gasteiger partial charge in [-0.15, -0.1) is 0 Å². The minimum Gasteiger partial charge on any atom is -0.497 e. The number of hydrogen-bond donors (Lipinski definition) is 2. The monoisotopic (exact) mass is 518 g/mol. The first-order valence-corrected chi connectivity index (χ1v) is 12.3. The standard InChI is InChI=1S/C27H26N4O5S/c1-14-8-9-17(10-15(14)2)30-25(33)23-22(16-6-5-7-18(11-16)35-3)19(13-28)24(29)31-26(34)20(37-27(23)31)12-21(32)36-4/h5-11,20,22H,12,29H2,1-4H3,(H,30,33)/t20-,22-/m1/s1. The number of allylic oxidation sites excluding steroid dienone is 1. The van der Waals surface area contributed by atoms with Gasteiger partial charge in [-0.05, 0) is 54.8 Å². The van der Waals surface area contributed by atoms with Crippen LogP contribution in [-0.4, -0.2) is 42.2 Å². The van der Waals surface area contributed by atoms with Crippen LogP contribution in [0, 0.1) is 25.2 Å². The van der Waals surface area contributed by atoms with Crippen LogP contribution in [0.2, 0.25) is 0 Å². The Morgan fingerprint density at radius 2 is 1.92 bits per heavy atom. The Labute approximate surface area is 218 Å². The number of nitrogens with zero attached hydrogens (tertiary/aromatic N) is 2. The maximum atomic E-state index is 13.9. The van der Waals surface area contributed by atoms with Gasteiger partial charge >= 0.3 is 5.97 Å². The number of rotatable bonds is 6. The van der Waals surface area contributed by atoms with E-state index in [9.17, 15) is 19.6 Å². The third-order valence-corrected chi connectivity index (χ3v) is 7.69. The van der Waals surface area contributed by atoms with E-state index < -0.39 is 29.0 Å². The number of hydrogen-bond acceptors (Lipinski definition) is 8. The van der Waals surface area contributed by atoms with Gasteiger partial charge in [-0.1, -0.05) is 30.0 Å². The second-order valence-electron chi connectivity index (χ2n) is 8.65. The molecule has 190 valence electrons. The Bertz CT molecular complexity index is 1410. The maximum Gasteiger partial charge on any atom is 0.307 e. The summed E-state index contributed by atoms with van der Waals surface area (Å²) in [7, 11) is 2.76. The highest BCUT2D eigenvalue weighted by atomic mass is 32.2. The fourth-order valence-electron chi connectivity index (χ4n) is 4.32. The second-order valence-corrected chi connectivity index (χ2v) is 9.84. The summed E-state index contributed by atoms with van der Waals surface area (Å²) in [6.45, 7) is 3.91. The largest absolute Gasteiger partial charge is 0.497 e. The molecular formula is C27H26N4O5S. The molecule has 1 saturated heterocycles. The molecule has 0 aliphatic carbocycles. The van der Waals surface area contributed by atoms with Gasteiger partial charge in [0.1, 0.15) is 16.8 Å². The minimum atomic E-state index is -0.866. The van der Waals surface area contributed by atoms with E-state index in [0.29, 0.717) is 17.0 Å². The van der Waals surface area contributed by atoms with Crippen LogP contribution < -0.4 is 15.8 Å². The number of nitriles is 1. The molecule has 2 atom stereocenters. The Balaban J connectivity index is 1.89. The average molecular weight is 519 g/mol. The number of ether oxygens (including phenoxy) is 2. The van der Waals surface area contributed by atoms with E-state index in [1.165, 1.54) is 19.1 Å². The van der Waals surface area contributed by atoms with E-state index in [1.807, 2.05) is 26.0 Å². The zero-order valence-electron chi connectivity index (χ0n) is 20.8. The van der Waals surface area contributed by atoms with Gasteiger partial charge in [0.25, 0.3) is 5.91 Å². The fraction of sp³-hybridized carbons (Fsp3) is 0.259. The molecule has 3 N–H and O–H groups in total. The molecule has 9 nitrogen and oxygen atoms in total. The van der Waals surface area contributed by atoms with E-state index >= 15 is 0 Å². The SMILES string of the molecule is COC(=O)C[C@H]1SC2=C(C(=O)Nc3ccc(C)c(C)c3)[C@H](c3cccc(OC)c3)C(C#N)=C(N)N2C1=O. The smallest absolute Gasteiger partial charge is 0.307 e. The summed E-state index contributed by atoms with van der Waals surface area (Å²) in [4.78, 5) is 40.3. The minimum absolute atomic E-state index is 0.0508. The van der Waals surface area contributed by atoms with E-state index in [2.05, 4.69) is 11.4 Å². The molecule has 2 amide bonds. The van der Waals surface area contributed by atoms with Crippen molar-refractivity contribution in [2.45, 2.75) is 31.4 Å². The van der Waals surface area contributed by atoms with Crippen LogP contribution in [0.4, 0.5) is 5.69 Å². The third kappa shape index (κ3) is 4.78. The maximum absolute atomic E-state index is 13.9. The molecule has 2 aliphatic heterocycles. The van der Waals surface area contributed by atoms with Gasteiger partial charge < -0.3 is 20.5 Å². The first kappa shape index (κ1) is 25.9. The molecule has 1 fully saturated rings. The summed E-state index contributed by atoms with van der Waals surface area (Å²) in [6.07, 6.45) is -0.203. The van der Waals surface area contributed by atoms with Gasteiger partial charge in [-0.25, -0.2) is 0 Å². The van der Waals surface area contributed by atoms with Crippen LogP contribution in [0.15, 0.2) is 64.5 Å². The first-order valence-electron chi connectivity index (χ1n) is 11.4. The van der Waals surface area contributed by atoms with Crippen molar-refractivity contribution in [3.63, 3.8) is 0 Å². The van der Waals surface area contributed by atoms with Crippen molar-refractivity contribution < 1.29 is 23.9 Å². The number of nitrogens with two attached hydrogens (primary N) is 1. The van der Waals surface area contributed by atoms with Crippen LogP contribution in [0.25, 0.3) is 0 Å². The molecule has 0 spiro atoms. The van der Waals surface area contributed by atoms with Crippen LogP contribution in [0.1, 0.15) is 29.0 Å². The van der Waals surface area contributed by atoms with Gasteiger partial charge in [0.05, 0.1) is 48.8 Å². The van der Waals surface area contributed by atoms with Gasteiger partial charge in [0.2, 0.25) is 5.91 Å². The number of thioether (sulfide) groups is 1. The highest BCUT2D eigenvalue weighted by Gasteiger charge is 2.48.